The van der Waals surface area contributed by atoms with Gasteiger partial charge in [0.25, 0.3) is 11.8 Å². The molecule has 3 rings (SSSR count). The standard InChI is InChI=1S/C18H29N5O2/c1-13(2)12-19-17(24)16-20-15(14-6-4-5-7-23(14)16)18(25)22-10-8-21(3)9-11-22/h13H,4-12H2,1-3H3,(H,19,24). The molecular formula is C18H29N5O2. The van der Waals surface area contributed by atoms with E-state index in [1.807, 2.05) is 9.47 Å². The van der Waals surface area contributed by atoms with Crippen LogP contribution >= 0.6 is 0 Å². The number of imidazole rings is 1. The van der Waals surface area contributed by atoms with Gasteiger partial charge in [0, 0.05) is 39.3 Å². The maximum Gasteiger partial charge on any atom is 0.287 e. The van der Waals surface area contributed by atoms with Gasteiger partial charge in [0.1, 0.15) is 5.69 Å². The van der Waals surface area contributed by atoms with Crippen molar-refractivity contribution < 1.29 is 9.59 Å². The lowest BCUT2D eigenvalue weighted by Crippen LogP contribution is -2.47. The number of aromatic nitrogens is 2. The van der Waals surface area contributed by atoms with Gasteiger partial charge in [0.05, 0.1) is 5.69 Å². The quantitative estimate of drug-likeness (QED) is 0.882. The normalized spacial score (nSPS) is 18.3. The summed E-state index contributed by atoms with van der Waals surface area (Å²) in [5.74, 6) is 0.579. The third-order valence-electron chi connectivity index (χ3n) is 4.98. The highest BCUT2D eigenvalue weighted by Crippen LogP contribution is 2.22. The van der Waals surface area contributed by atoms with Crippen molar-refractivity contribution in [2.75, 3.05) is 39.8 Å². The molecule has 0 bridgehead atoms. The second kappa shape index (κ2) is 7.56. The molecule has 2 aliphatic rings. The molecule has 25 heavy (non-hydrogen) atoms. The molecule has 1 fully saturated rings. The summed E-state index contributed by atoms with van der Waals surface area (Å²) < 4.78 is 1.96. The van der Waals surface area contributed by atoms with Gasteiger partial charge in [-0.25, -0.2) is 4.98 Å². The fraction of sp³-hybridized carbons (Fsp3) is 0.722. The number of carbonyl (C=O) groups is 2. The third kappa shape index (κ3) is 3.86. The molecular weight excluding hydrogens is 318 g/mol. The predicted octanol–water partition coefficient (Wildman–Crippen LogP) is 0.993. The van der Waals surface area contributed by atoms with Crippen molar-refractivity contribution in [1.82, 2.24) is 24.7 Å². The first-order valence-electron chi connectivity index (χ1n) is 9.32. The fourth-order valence-electron chi connectivity index (χ4n) is 3.42. The monoisotopic (exact) mass is 347 g/mol. The van der Waals surface area contributed by atoms with E-state index in [2.05, 4.69) is 36.1 Å². The van der Waals surface area contributed by atoms with Crippen molar-refractivity contribution >= 4 is 11.8 Å². The molecule has 3 heterocycles. The first kappa shape index (κ1) is 17.9. The second-order valence-corrected chi connectivity index (χ2v) is 7.54. The zero-order valence-electron chi connectivity index (χ0n) is 15.5. The van der Waals surface area contributed by atoms with Crippen LogP contribution in [0.15, 0.2) is 0 Å². The zero-order valence-corrected chi connectivity index (χ0v) is 15.5. The molecule has 0 unspecified atom stereocenters. The van der Waals surface area contributed by atoms with Crippen LogP contribution in [0.25, 0.3) is 0 Å². The second-order valence-electron chi connectivity index (χ2n) is 7.54. The van der Waals surface area contributed by atoms with Gasteiger partial charge in [-0.15, -0.1) is 0 Å². The summed E-state index contributed by atoms with van der Waals surface area (Å²) in [6, 6.07) is 0. The van der Waals surface area contributed by atoms with Crippen LogP contribution in [0.5, 0.6) is 0 Å². The Labute approximate surface area is 149 Å². The maximum absolute atomic E-state index is 13.0. The number of hydrogen-bond acceptors (Lipinski definition) is 4. The predicted molar refractivity (Wildman–Crippen MR) is 95.7 cm³/mol. The molecule has 2 amide bonds. The summed E-state index contributed by atoms with van der Waals surface area (Å²) in [6.07, 6.45) is 2.89. The highest BCUT2D eigenvalue weighted by atomic mass is 16.2. The Morgan fingerprint density at radius 2 is 1.84 bits per heavy atom. The van der Waals surface area contributed by atoms with Crippen molar-refractivity contribution in [3.63, 3.8) is 0 Å². The molecule has 138 valence electrons. The van der Waals surface area contributed by atoms with Crippen molar-refractivity contribution in [1.29, 1.82) is 0 Å². The Balaban J connectivity index is 1.84. The van der Waals surface area contributed by atoms with Crippen LogP contribution in [0, 0.1) is 5.92 Å². The molecule has 7 heteroatoms. The van der Waals surface area contributed by atoms with Gasteiger partial charge < -0.3 is 19.7 Å². The summed E-state index contributed by atoms with van der Waals surface area (Å²) >= 11 is 0. The van der Waals surface area contributed by atoms with Gasteiger partial charge in [0.2, 0.25) is 0 Å². The number of amides is 2. The Morgan fingerprint density at radius 1 is 1.12 bits per heavy atom. The zero-order chi connectivity index (χ0) is 18.0. The van der Waals surface area contributed by atoms with Crippen LogP contribution in [-0.2, 0) is 13.0 Å². The van der Waals surface area contributed by atoms with Crippen LogP contribution in [0.2, 0.25) is 0 Å². The van der Waals surface area contributed by atoms with Gasteiger partial charge in [-0.3, -0.25) is 9.59 Å². The minimum atomic E-state index is -0.172. The summed E-state index contributed by atoms with van der Waals surface area (Å²) in [7, 11) is 2.07. The van der Waals surface area contributed by atoms with Gasteiger partial charge in [-0.05, 0) is 32.2 Å². The van der Waals surface area contributed by atoms with E-state index in [0.717, 1.165) is 57.7 Å². The summed E-state index contributed by atoms with van der Waals surface area (Å²) in [5, 5.41) is 2.93. The van der Waals surface area contributed by atoms with E-state index in [1.165, 1.54) is 0 Å². The van der Waals surface area contributed by atoms with Crippen LogP contribution in [-0.4, -0.2) is 70.9 Å². The molecule has 1 aromatic heterocycles. The molecule has 0 spiro atoms. The van der Waals surface area contributed by atoms with Gasteiger partial charge in [0.15, 0.2) is 5.82 Å². The van der Waals surface area contributed by atoms with Crippen molar-refractivity contribution in [3.05, 3.63) is 17.2 Å². The lowest BCUT2D eigenvalue weighted by atomic mass is 10.1. The molecule has 0 aliphatic carbocycles. The number of carbonyl (C=O) groups excluding carboxylic acids is 2. The van der Waals surface area contributed by atoms with Crippen molar-refractivity contribution in [2.24, 2.45) is 5.92 Å². The number of hydrogen-bond donors (Lipinski definition) is 1. The molecule has 0 saturated carbocycles. The van der Waals surface area contributed by atoms with E-state index in [1.54, 1.807) is 0 Å². The lowest BCUT2D eigenvalue weighted by Gasteiger charge is -2.32. The number of fused-ring (bicyclic) bond motifs is 1. The first-order chi connectivity index (χ1) is 12.0. The minimum Gasteiger partial charge on any atom is -0.349 e. The molecule has 2 aliphatic heterocycles. The lowest BCUT2D eigenvalue weighted by molar-refractivity contribution is 0.0657. The number of piperazine rings is 1. The summed E-state index contributed by atoms with van der Waals surface area (Å²) in [6.45, 7) is 8.69. The van der Waals surface area contributed by atoms with Gasteiger partial charge >= 0.3 is 0 Å². The largest absolute Gasteiger partial charge is 0.349 e. The Kier molecular flexibility index (Phi) is 5.42. The topological polar surface area (TPSA) is 70.5 Å². The van der Waals surface area contributed by atoms with E-state index < -0.39 is 0 Å². The number of nitrogens with zero attached hydrogens (tertiary/aromatic N) is 4. The number of rotatable bonds is 4. The SMILES string of the molecule is CC(C)CNC(=O)c1nc(C(=O)N2CCN(C)CC2)c2n1CCCC2. The van der Waals surface area contributed by atoms with E-state index >= 15 is 0 Å². The smallest absolute Gasteiger partial charge is 0.287 e. The molecule has 1 N–H and O–H groups in total. The van der Waals surface area contributed by atoms with Crippen molar-refractivity contribution in [3.8, 4) is 0 Å². The van der Waals surface area contributed by atoms with Crippen LogP contribution in [0.1, 0.15) is 53.5 Å². The fourth-order valence-corrected chi connectivity index (χ4v) is 3.42. The number of nitrogens with one attached hydrogen (secondary N) is 1. The molecule has 0 radical (unpaired) electrons. The van der Waals surface area contributed by atoms with Gasteiger partial charge in [-0.2, -0.15) is 0 Å². The maximum atomic E-state index is 13.0. The summed E-state index contributed by atoms with van der Waals surface area (Å²) in [5.41, 5.74) is 1.42. The number of likely N-dealkylation sites (N-methyl/N-ethyl adjacent to an activating group) is 1. The van der Waals surface area contributed by atoms with Crippen molar-refractivity contribution in [2.45, 2.75) is 39.7 Å². The Bertz CT molecular complexity index is 644. The molecule has 1 saturated heterocycles. The van der Waals surface area contributed by atoms with E-state index in [4.69, 9.17) is 0 Å². The van der Waals surface area contributed by atoms with Gasteiger partial charge in [-0.1, -0.05) is 13.8 Å². The molecule has 7 nitrogen and oxygen atoms in total. The average Bonchev–Trinajstić information content (AvgIpc) is 2.99. The van der Waals surface area contributed by atoms with E-state index in [-0.39, 0.29) is 11.8 Å². The third-order valence-corrected chi connectivity index (χ3v) is 4.98. The van der Waals surface area contributed by atoms with E-state index in [9.17, 15) is 9.59 Å². The molecule has 1 aromatic rings. The van der Waals surface area contributed by atoms with Crippen LogP contribution < -0.4 is 5.32 Å². The highest BCUT2D eigenvalue weighted by Gasteiger charge is 2.30. The Hall–Kier alpha value is -1.89. The first-order valence-corrected chi connectivity index (χ1v) is 9.32. The minimum absolute atomic E-state index is 0.0262. The average molecular weight is 347 g/mol. The molecule has 0 atom stereocenters. The Morgan fingerprint density at radius 3 is 2.52 bits per heavy atom. The van der Waals surface area contributed by atoms with Crippen LogP contribution in [0.3, 0.4) is 0 Å². The highest BCUT2D eigenvalue weighted by molar-refractivity contribution is 5.97. The van der Waals surface area contributed by atoms with Crippen LogP contribution in [0.4, 0.5) is 0 Å². The molecule has 0 aromatic carbocycles. The van der Waals surface area contributed by atoms with E-state index in [0.29, 0.717) is 24.0 Å². The summed E-state index contributed by atoms with van der Waals surface area (Å²) in [4.78, 5) is 34.1.